The Hall–Kier alpha value is -0.330. The van der Waals surface area contributed by atoms with Crippen molar-refractivity contribution < 1.29 is 4.74 Å². The zero-order valence-electron chi connectivity index (χ0n) is 11.9. The average Bonchev–Trinajstić information content (AvgIpc) is 2.76. The van der Waals surface area contributed by atoms with E-state index >= 15 is 0 Å². The fourth-order valence-corrected chi connectivity index (χ4v) is 2.81. The summed E-state index contributed by atoms with van der Waals surface area (Å²) < 4.78 is 9.02. The van der Waals surface area contributed by atoms with Gasteiger partial charge in [0.25, 0.3) is 0 Å². The maximum absolute atomic E-state index is 6.26. The lowest BCUT2D eigenvalue weighted by atomic mass is 10.3. The molecule has 0 aliphatic carbocycles. The third kappa shape index (κ3) is 3.86. The number of halogens is 2. The molecule has 3 nitrogen and oxygen atoms in total. The molecule has 110 valence electrons. The van der Waals surface area contributed by atoms with E-state index in [-0.39, 0.29) is 5.38 Å². The van der Waals surface area contributed by atoms with Crippen molar-refractivity contribution in [3.05, 3.63) is 27.6 Å². The molecule has 1 unspecified atom stereocenters. The van der Waals surface area contributed by atoms with Gasteiger partial charge in [-0.15, -0.1) is 11.6 Å². The zero-order valence-corrected chi connectivity index (χ0v) is 14.8. The fraction of sp³-hybridized carbons (Fsp3) is 0.533. The van der Waals surface area contributed by atoms with Crippen LogP contribution in [0.1, 0.15) is 37.9 Å². The van der Waals surface area contributed by atoms with Crippen LogP contribution in [0.25, 0.3) is 11.0 Å². The second-order valence-electron chi connectivity index (χ2n) is 4.84. The number of fused-ring (bicyclic) bond motifs is 1. The van der Waals surface area contributed by atoms with Crippen LogP contribution in [0.15, 0.2) is 18.2 Å². The lowest BCUT2D eigenvalue weighted by Gasteiger charge is -2.11. The molecule has 1 aromatic carbocycles. The van der Waals surface area contributed by atoms with Gasteiger partial charge in [-0.05, 0) is 54.1 Å². The number of imidazole rings is 1. The summed E-state index contributed by atoms with van der Waals surface area (Å²) in [5, 5.41) is -0.101. The van der Waals surface area contributed by atoms with E-state index in [2.05, 4.69) is 57.3 Å². The van der Waals surface area contributed by atoms with Crippen LogP contribution in [-0.2, 0) is 11.3 Å². The normalized spacial score (nSPS) is 13.0. The van der Waals surface area contributed by atoms with Crippen molar-refractivity contribution in [2.45, 2.75) is 38.6 Å². The Labute approximate surface area is 138 Å². The Morgan fingerprint density at radius 1 is 1.40 bits per heavy atom. The van der Waals surface area contributed by atoms with Gasteiger partial charge in [-0.25, -0.2) is 4.98 Å². The van der Waals surface area contributed by atoms with Crippen molar-refractivity contribution in [1.82, 2.24) is 9.55 Å². The molecule has 5 heteroatoms. The Bertz CT molecular complexity index is 568. The summed E-state index contributed by atoms with van der Waals surface area (Å²) in [6.07, 6.45) is 2.28. The van der Waals surface area contributed by atoms with Crippen LogP contribution in [0.5, 0.6) is 0 Å². The van der Waals surface area contributed by atoms with Gasteiger partial charge in [0.2, 0.25) is 0 Å². The Kier molecular flexibility index (Phi) is 6.11. The van der Waals surface area contributed by atoms with Crippen LogP contribution in [-0.4, -0.2) is 22.8 Å². The molecule has 0 saturated carbocycles. The molecule has 0 aliphatic rings. The van der Waals surface area contributed by atoms with Crippen molar-refractivity contribution >= 4 is 45.2 Å². The van der Waals surface area contributed by atoms with Crippen LogP contribution in [0.2, 0.25) is 0 Å². The topological polar surface area (TPSA) is 27.1 Å². The van der Waals surface area contributed by atoms with Gasteiger partial charge in [-0.3, -0.25) is 0 Å². The summed E-state index contributed by atoms with van der Waals surface area (Å²) in [7, 11) is 0. The minimum absolute atomic E-state index is 0.101. The fourth-order valence-electron chi connectivity index (χ4n) is 2.16. The van der Waals surface area contributed by atoms with Crippen LogP contribution >= 0.6 is 34.2 Å². The molecule has 0 aliphatic heterocycles. The molecule has 2 rings (SSSR count). The SMILES string of the molecule is CCCCOCCn1c(C(C)Cl)nc2cc(I)ccc21. The van der Waals surface area contributed by atoms with Crippen molar-refractivity contribution in [1.29, 1.82) is 0 Å². The molecule has 20 heavy (non-hydrogen) atoms. The van der Waals surface area contributed by atoms with Gasteiger partial charge in [0.05, 0.1) is 23.0 Å². The molecule has 0 radical (unpaired) electrons. The lowest BCUT2D eigenvalue weighted by molar-refractivity contribution is 0.123. The van der Waals surface area contributed by atoms with Crippen molar-refractivity contribution in [2.24, 2.45) is 0 Å². The number of aromatic nitrogens is 2. The van der Waals surface area contributed by atoms with Gasteiger partial charge in [0.1, 0.15) is 5.82 Å². The molecule has 1 heterocycles. The number of hydrogen-bond acceptors (Lipinski definition) is 2. The maximum Gasteiger partial charge on any atom is 0.127 e. The molecule has 2 aromatic rings. The number of hydrogen-bond donors (Lipinski definition) is 0. The summed E-state index contributed by atoms with van der Waals surface area (Å²) >= 11 is 8.56. The molecule has 0 spiro atoms. The van der Waals surface area contributed by atoms with E-state index in [1.54, 1.807) is 0 Å². The molecule has 1 atom stereocenters. The van der Waals surface area contributed by atoms with E-state index in [0.717, 1.165) is 42.9 Å². The molecular weight excluding hydrogens is 387 g/mol. The van der Waals surface area contributed by atoms with Crippen molar-refractivity contribution in [3.8, 4) is 0 Å². The summed E-state index contributed by atoms with van der Waals surface area (Å²) in [4.78, 5) is 4.66. The van der Waals surface area contributed by atoms with Crippen molar-refractivity contribution in [3.63, 3.8) is 0 Å². The molecule has 0 saturated heterocycles. The minimum atomic E-state index is -0.101. The molecular formula is C15H20ClIN2O. The largest absolute Gasteiger partial charge is 0.380 e. The lowest BCUT2D eigenvalue weighted by Crippen LogP contribution is -2.10. The molecule has 0 fully saturated rings. The average molecular weight is 407 g/mol. The van der Waals surface area contributed by atoms with Crippen LogP contribution in [0.3, 0.4) is 0 Å². The smallest absolute Gasteiger partial charge is 0.127 e. The van der Waals surface area contributed by atoms with E-state index in [0.29, 0.717) is 6.61 Å². The first kappa shape index (κ1) is 16.0. The van der Waals surface area contributed by atoms with Crippen LogP contribution in [0.4, 0.5) is 0 Å². The molecule has 0 N–H and O–H groups in total. The maximum atomic E-state index is 6.26. The number of alkyl halides is 1. The summed E-state index contributed by atoms with van der Waals surface area (Å²) in [6.45, 7) is 6.46. The summed E-state index contributed by atoms with van der Waals surface area (Å²) in [5.41, 5.74) is 2.14. The molecule has 0 bridgehead atoms. The summed E-state index contributed by atoms with van der Waals surface area (Å²) in [5.74, 6) is 0.919. The minimum Gasteiger partial charge on any atom is -0.380 e. The second kappa shape index (κ2) is 7.61. The van der Waals surface area contributed by atoms with E-state index < -0.39 is 0 Å². The van der Waals surface area contributed by atoms with Crippen LogP contribution < -0.4 is 0 Å². The third-order valence-electron chi connectivity index (χ3n) is 3.20. The highest BCUT2D eigenvalue weighted by atomic mass is 127. The quantitative estimate of drug-likeness (QED) is 0.377. The van der Waals surface area contributed by atoms with Gasteiger partial charge in [-0.1, -0.05) is 13.3 Å². The molecule has 1 aromatic heterocycles. The third-order valence-corrected chi connectivity index (χ3v) is 4.06. The monoisotopic (exact) mass is 406 g/mol. The first-order valence-corrected chi connectivity index (χ1v) is 8.52. The second-order valence-corrected chi connectivity index (χ2v) is 6.74. The zero-order chi connectivity index (χ0) is 14.5. The van der Waals surface area contributed by atoms with Gasteiger partial charge in [0.15, 0.2) is 0 Å². The van der Waals surface area contributed by atoms with E-state index in [4.69, 9.17) is 16.3 Å². The van der Waals surface area contributed by atoms with Crippen molar-refractivity contribution in [2.75, 3.05) is 13.2 Å². The Morgan fingerprint density at radius 3 is 2.90 bits per heavy atom. The number of unbranched alkanes of at least 4 members (excludes halogenated alkanes) is 1. The van der Waals surface area contributed by atoms with Crippen LogP contribution in [0, 0.1) is 3.57 Å². The molecule has 0 amide bonds. The highest BCUT2D eigenvalue weighted by molar-refractivity contribution is 14.1. The number of rotatable bonds is 7. The number of ether oxygens (including phenoxy) is 1. The van der Waals surface area contributed by atoms with Gasteiger partial charge >= 0.3 is 0 Å². The van der Waals surface area contributed by atoms with E-state index in [9.17, 15) is 0 Å². The predicted octanol–water partition coefficient (Wildman–Crippen LogP) is 4.76. The summed E-state index contributed by atoms with van der Waals surface area (Å²) in [6, 6.07) is 6.30. The highest BCUT2D eigenvalue weighted by Crippen LogP contribution is 2.25. The number of nitrogens with zero attached hydrogens (tertiary/aromatic N) is 2. The standard InChI is InChI=1S/C15H20ClIN2O/c1-3-4-8-20-9-7-19-14-6-5-12(17)10-13(14)18-15(19)11(2)16/h5-6,10-11H,3-4,7-9H2,1-2H3. The van der Waals surface area contributed by atoms with E-state index in [1.165, 1.54) is 3.57 Å². The number of benzene rings is 1. The van der Waals surface area contributed by atoms with Gasteiger partial charge in [0, 0.05) is 16.7 Å². The Morgan fingerprint density at radius 2 is 2.20 bits per heavy atom. The highest BCUT2D eigenvalue weighted by Gasteiger charge is 2.14. The van der Waals surface area contributed by atoms with Gasteiger partial charge < -0.3 is 9.30 Å². The van der Waals surface area contributed by atoms with Gasteiger partial charge in [-0.2, -0.15) is 0 Å². The first-order chi connectivity index (χ1) is 9.63. The Balaban J connectivity index is 2.18. The van der Waals surface area contributed by atoms with E-state index in [1.807, 2.05) is 6.92 Å². The first-order valence-electron chi connectivity index (χ1n) is 7.01. The predicted molar refractivity (Wildman–Crippen MR) is 92.4 cm³/mol.